The van der Waals surface area contributed by atoms with Gasteiger partial charge in [0.2, 0.25) is 0 Å². The number of rotatable bonds is 20. The number of nitrogens with zero attached hydrogens (tertiary/aromatic N) is 1. The normalized spacial score (nSPS) is 13.2. The maximum absolute atomic E-state index is 6.52. The molecule has 2 nitrogen and oxygen atoms in total. The van der Waals surface area contributed by atoms with Gasteiger partial charge in [0.15, 0.2) is 0 Å². The van der Waals surface area contributed by atoms with Gasteiger partial charge in [-0.3, -0.25) is 0 Å². The monoisotopic (exact) mass is 613 g/mol. The fraction of sp³-hybridized carbons (Fsp3) is 0.588. The molecule has 2 aromatic carbocycles. The molecule has 0 aliphatic rings. The number of hydrogen-bond donors (Lipinski definition) is 0. The minimum absolute atomic E-state index is 0.373. The molecule has 0 saturated carbocycles. The number of hydrogen-bond acceptors (Lipinski definition) is 2. The molecule has 2 aromatic rings. The first-order valence-electron chi connectivity index (χ1n) is 15.1. The zero-order valence-corrected chi connectivity index (χ0v) is 27.5. The quantitative estimate of drug-likeness (QED) is 0.0839. The van der Waals surface area contributed by atoms with E-state index >= 15 is 0 Å². The Morgan fingerprint density at radius 2 is 1.19 bits per heavy atom. The topological polar surface area (TPSA) is 12.5 Å². The van der Waals surface area contributed by atoms with Crippen LogP contribution in [0.2, 0.25) is 13.3 Å². The molecule has 0 bridgehead atoms. The molecule has 0 aliphatic heterocycles. The summed E-state index contributed by atoms with van der Waals surface area (Å²) in [6.45, 7) is 14.4. The van der Waals surface area contributed by atoms with Gasteiger partial charge in [0.05, 0.1) is 0 Å². The van der Waals surface area contributed by atoms with E-state index in [9.17, 15) is 0 Å². The molecule has 2 rings (SSSR count). The minimum atomic E-state index is -2.22. The number of unbranched alkanes of at least 4 members (excludes halogenated alkanes) is 3. The van der Waals surface area contributed by atoms with Gasteiger partial charge in [0.25, 0.3) is 0 Å². The van der Waals surface area contributed by atoms with Crippen LogP contribution in [0.15, 0.2) is 72.8 Å². The third kappa shape index (κ3) is 12.5. The van der Waals surface area contributed by atoms with Crippen molar-refractivity contribution in [3.63, 3.8) is 0 Å². The van der Waals surface area contributed by atoms with Crippen molar-refractivity contribution in [1.82, 2.24) is 4.90 Å². The van der Waals surface area contributed by atoms with E-state index in [0.29, 0.717) is 12.0 Å². The van der Waals surface area contributed by atoms with Gasteiger partial charge in [-0.15, -0.1) is 0 Å². The van der Waals surface area contributed by atoms with E-state index in [1.165, 1.54) is 63.0 Å². The third-order valence-corrected chi connectivity index (χ3v) is 22.1. The van der Waals surface area contributed by atoms with Crippen molar-refractivity contribution in [3.05, 3.63) is 83.9 Å². The summed E-state index contributed by atoms with van der Waals surface area (Å²) in [5, 5.41) is 0. The van der Waals surface area contributed by atoms with Crippen LogP contribution in [0.1, 0.15) is 84.3 Å². The van der Waals surface area contributed by atoms with Crippen LogP contribution in [-0.4, -0.2) is 40.5 Å². The van der Waals surface area contributed by atoms with Gasteiger partial charge in [-0.1, -0.05) is 0 Å². The Hall–Kier alpha value is -1.10. The summed E-state index contributed by atoms with van der Waals surface area (Å²) in [6, 6.07) is 22.2. The van der Waals surface area contributed by atoms with Crippen LogP contribution >= 0.6 is 0 Å². The molecule has 3 heteroatoms. The Morgan fingerprint density at radius 1 is 0.730 bits per heavy atom. The molecule has 37 heavy (non-hydrogen) atoms. The van der Waals surface area contributed by atoms with Crippen molar-refractivity contribution in [1.29, 1.82) is 0 Å². The van der Waals surface area contributed by atoms with Gasteiger partial charge in [-0.05, 0) is 0 Å². The second-order valence-corrected chi connectivity index (χ2v) is 25.0. The van der Waals surface area contributed by atoms with Crippen molar-refractivity contribution in [2.75, 3.05) is 11.2 Å². The van der Waals surface area contributed by atoms with Gasteiger partial charge in [-0.2, -0.15) is 0 Å². The molecule has 0 aromatic heterocycles. The Balaban J connectivity index is 2.09. The van der Waals surface area contributed by atoms with E-state index in [1.54, 1.807) is 0 Å². The predicted molar refractivity (Wildman–Crippen MR) is 166 cm³/mol. The van der Waals surface area contributed by atoms with Crippen molar-refractivity contribution >= 4 is 18.4 Å². The Morgan fingerprint density at radius 3 is 1.59 bits per heavy atom. The first-order valence-corrected chi connectivity index (χ1v) is 23.2. The summed E-state index contributed by atoms with van der Waals surface area (Å²) in [4.78, 5) is 2.62. The summed E-state index contributed by atoms with van der Waals surface area (Å²) in [5.41, 5.74) is 2.74. The van der Waals surface area contributed by atoms with Gasteiger partial charge in [0.1, 0.15) is 0 Å². The van der Waals surface area contributed by atoms with Crippen molar-refractivity contribution in [3.8, 4) is 0 Å². The number of benzene rings is 2. The van der Waals surface area contributed by atoms with Crippen LogP contribution < -0.4 is 0 Å². The average molecular weight is 613 g/mol. The van der Waals surface area contributed by atoms with E-state index in [0.717, 1.165) is 24.3 Å². The van der Waals surface area contributed by atoms with Crippen LogP contribution in [0.25, 0.3) is 0 Å². The Labute approximate surface area is 233 Å². The molecular weight excluding hydrogens is 557 g/mol. The molecule has 206 valence electrons. The van der Waals surface area contributed by atoms with Crippen LogP contribution in [-0.2, 0) is 17.8 Å². The first kappa shape index (κ1) is 32.1. The van der Waals surface area contributed by atoms with Gasteiger partial charge >= 0.3 is 235 Å². The van der Waals surface area contributed by atoms with Crippen molar-refractivity contribution in [2.24, 2.45) is 5.92 Å². The van der Waals surface area contributed by atoms with E-state index in [4.69, 9.17) is 4.74 Å². The molecule has 0 fully saturated rings. The summed E-state index contributed by atoms with van der Waals surface area (Å²) in [6.07, 6.45) is 13.0. The molecule has 0 spiro atoms. The summed E-state index contributed by atoms with van der Waals surface area (Å²) in [7, 11) is 0. The molecule has 0 amide bonds. The van der Waals surface area contributed by atoms with Crippen LogP contribution in [0.4, 0.5) is 0 Å². The summed E-state index contributed by atoms with van der Waals surface area (Å²) < 4.78 is 12.2. The van der Waals surface area contributed by atoms with E-state index in [2.05, 4.69) is 112 Å². The van der Waals surface area contributed by atoms with E-state index in [1.807, 2.05) is 0 Å². The molecule has 1 unspecified atom stereocenters. The van der Waals surface area contributed by atoms with Gasteiger partial charge in [0, 0.05) is 0 Å². The van der Waals surface area contributed by atoms with Crippen molar-refractivity contribution in [2.45, 2.75) is 106 Å². The van der Waals surface area contributed by atoms with E-state index in [-0.39, 0.29) is 0 Å². The SMILES string of the molecule is CCC[CH2][Sn]([CH2]CCC)([CH2]CCC)[CH2]OC/C=C/C(C(C)C)N(Cc1ccccc1)Cc1ccccc1. The third-order valence-electron chi connectivity index (χ3n) is 7.70. The molecule has 0 aliphatic carbocycles. The Bertz CT molecular complexity index is 772. The molecule has 0 radical (unpaired) electrons. The molecule has 0 N–H and O–H groups in total. The van der Waals surface area contributed by atoms with Crippen LogP contribution in [0.3, 0.4) is 0 Å². The predicted octanol–water partition coefficient (Wildman–Crippen LogP) is 9.67. The molecule has 0 heterocycles. The molecular formula is C34H55NOSn. The zero-order valence-electron chi connectivity index (χ0n) is 24.6. The zero-order chi connectivity index (χ0) is 26.8. The van der Waals surface area contributed by atoms with Gasteiger partial charge in [-0.25, -0.2) is 0 Å². The van der Waals surface area contributed by atoms with Crippen LogP contribution in [0.5, 0.6) is 0 Å². The average Bonchev–Trinajstić information content (AvgIpc) is 2.92. The summed E-state index contributed by atoms with van der Waals surface area (Å²) >= 11 is -2.22. The maximum atomic E-state index is 6.52. The van der Waals surface area contributed by atoms with Crippen molar-refractivity contribution < 1.29 is 4.74 Å². The van der Waals surface area contributed by atoms with Crippen LogP contribution in [0, 0.1) is 5.92 Å². The van der Waals surface area contributed by atoms with E-state index < -0.39 is 18.4 Å². The number of ether oxygens (including phenoxy) is 1. The summed E-state index contributed by atoms with van der Waals surface area (Å²) in [5.74, 6) is 0.528. The second kappa shape index (κ2) is 19.0. The second-order valence-electron chi connectivity index (χ2n) is 11.4. The molecule has 1 atom stereocenters. The van der Waals surface area contributed by atoms with Gasteiger partial charge < -0.3 is 0 Å². The Kier molecular flexibility index (Phi) is 16.5. The fourth-order valence-corrected chi connectivity index (χ4v) is 19.9. The fourth-order valence-electron chi connectivity index (χ4n) is 5.45. The standard InChI is InChI=1S/C22H28NO.3C4H9.Sn/c1-19(2)22(15-10-16-24-3)23(17-20-11-6-4-7-12-20)18-21-13-8-5-9-14-21;3*1-3-4-2;/h4-15,19,22H,3,16-18H2,1-2H3;3*1,3-4H2,2H3;/b15-10+;;;;. The first-order chi connectivity index (χ1) is 18.0. The molecule has 0 saturated heterocycles.